The molecule has 2 aromatic carbocycles. The summed E-state index contributed by atoms with van der Waals surface area (Å²) >= 11 is 23.3. The number of rotatable bonds is 4. The fourth-order valence-corrected chi connectivity index (χ4v) is 4.75. The van der Waals surface area contributed by atoms with Gasteiger partial charge in [-0.2, -0.15) is 0 Å². The van der Waals surface area contributed by atoms with Crippen LogP contribution in [0.2, 0.25) is 5.02 Å². The Labute approximate surface area is 165 Å². The second-order valence-electron chi connectivity index (χ2n) is 5.26. The highest BCUT2D eigenvalue weighted by molar-refractivity contribution is 7.92. The van der Waals surface area contributed by atoms with Crippen LogP contribution in [0.4, 0.5) is 0 Å². The van der Waals surface area contributed by atoms with E-state index in [0.717, 1.165) is 5.56 Å². The molecule has 0 saturated carbocycles. The Morgan fingerprint density at radius 2 is 1.52 bits per heavy atom. The first-order valence-electron chi connectivity index (χ1n) is 6.95. The van der Waals surface area contributed by atoms with E-state index in [1.165, 1.54) is 24.3 Å². The average molecular weight is 441 g/mol. The second-order valence-corrected chi connectivity index (χ2v) is 10.1. The highest BCUT2D eigenvalue weighted by Gasteiger charge is 2.44. The standard InChI is InChI=1S/C16H13Cl4NO3S/c1-10-2-4-11(5-3-10)14(22)21-15(16(18,19)20)25(23,24)13-8-6-12(17)7-9-13/h2-9,15H,1H3,(H,21,22)/t15-/m0/s1. The smallest absolute Gasteiger partial charge is 0.252 e. The molecule has 1 amide bonds. The number of amides is 1. The summed E-state index contributed by atoms with van der Waals surface area (Å²) in [6, 6.07) is 11.9. The zero-order chi connectivity index (χ0) is 18.8. The third-order valence-corrected chi connectivity index (χ3v) is 6.64. The third-order valence-electron chi connectivity index (χ3n) is 3.33. The van der Waals surface area contributed by atoms with Crippen molar-refractivity contribution in [2.24, 2.45) is 0 Å². The van der Waals surface area contributed by atoms with Gasteiger partial charge in [0.25, 0.3) is 5.91 Å². The Kier molecular flexibility index (Phi) is 6.28. The molecule has 2 aromatic rings. The first kappa shape index (κ1) is 20.3. The van der Waals surface area contributed by atoms with Gasteiger partial charge < -0.3 is 5.32 Å². The van der Waals surface area contributed by atoms with E-state index in [1.54, 1.807) is 24.3 Å². The SMILES string of the molecule is Cc1ccc(C(=O)N[C@H](C(Cl)(Cl)Cl)S(=O)(=O)c2ccc(Cl)cc2)cc1. The molecule has 0 aliphatic carbocycles. The summed E-state index contributed by atoms with van der Waals surface area (Å²) < 4.78 is 23.3. The number of hydrogen-bond acceptors (Lipinski definition) is 3. The van der Waals surface area contributed by atoms with E-state index in [-0.39, 0.29) is 10.5 Å². The van der Waals surface area contributed by atoms with Gasteiger partial charge >= 0.3 is 0 Å². The molecule has 2 rings (SSSR count). The van der Waals surface area contributed by atoms with Gasteiger partial charge in [-0.3, -0.25) is 4.79 Å². The normalized spacial score (nSPS) is 13.3. The van der Waals surface area contributed by atoms with Gasteiger partial charge in [0.1, 0.15) is 0 Å². The van der Waals surface area contributed by atoms with Crippen molar-refractivity contribution in [3.05, 3.63) is 64.7 Å². The van der Waals surface area contributed by atoms with Crippen LogP contribution in [0, 0.1) is 6.92 Å². The van der Waals surface area contributed by atoms with Crippen LogP contribution >= 0.6 is 46.4 Å². The summed E-state index contributed by atoms with van der Waals surface area (Å²) in [5.74, 6) is -0.672. The number of hydrogen-bond donors (Lipinski definition) is 1. The molecule has 0 aromatic heterocycles. The van der Waals surface area contributed by atoms with Gasteiger partial charge in [0.2, 0.25) is 13.6 Å². The number of benzene rings is 2. The summed E-state index contributed by atoms with van der Waals surface area (Å²) in [4.78, 5) is 12.2. The molecule has 4 nitrogen and oxygen atoms in total. The number of halogens is 4. The minimum absolute atomic E-state index is 0.127. The third kappa shape index (κ3) is 5.02. The van der Waals surface area contributed by atoms with Gasteiger partial charge in [-0.1, -0.05) is 64.1 Å². The van der Waals surface area contributed by atoms with Gasteiger partial charge in [0.05, 0.1) is 4.90 Å². The van der Waals surface area contributed by atoms with Crippen LogP contribution < -0.4 is 5.32 Å². The molecule has 1 N–H and O–H groups in total. The molecule has 0 fully saturated rings. The van der Waals surface area contributed by atoms with Crippen molar-refractivity contribution in [2.75, 3.05) is 0 Å². The van der Waals surface area contributed by atoms with Crippen LogP contribution in [0.25, 0.3) is 0 Å². The predicted molar refractivity (Wildman–Crippen MR) is 101 cm³/mol. The van der Waals surface area contributed by atoms with Crippen molar-refractivity contribution >= 4 is 62.1 Å². The van der Waals surface area contributed by atoms with Gasteiger partial charge in [-0.25, -0.2) is 8.42 Å². The molecule has 0 spiro atoms. The van der Waals surface area contributed by atoms with E-state index in [9.17, 15) is 13.2 Å². The molecule has 0 radical (unpaired) electrons. The van der Waals surface area contributed by atoms with E-state index >= 15 is 0 Å². The highest BCUT2D eigenvalue weighted by Crippen LogP contribution is 2.36. The van der Waals surface area contributed by atoms with Gasteiger partial charge in [0, 0.05) is 10.6 Å². The molecule has 1 atom stereocenters. The maximum atomic E-state index is 12.8. The number of nitrogens with one attached hydrogen (secondary N) is 1. The molecule has 134 valence electrons. The summed E-state index contributed by atoms with van der Waals surface area (Å²) in [7, 11) is -4.17. The van der Waals surface area contributed by atoms with Crippen LogP contribution in [-0.4, -0.2) is 23.5 Å². The van der Waals surface area contributed by atoms with Crippen LogP contribution in [0.5, 0.6) is 0 Å². The average Bonchev–Trinajstić information content (AvgIpc) is 2.52. The van der Waals surface area contributed by atoms with Crippen molar-refractivity contribution in [3.8, 4) is 0 Å². The Morgan fingerprint density at radius 3 is 2.00 bits per heavy atom. The van der Waals surface area contributed by atoms with E-state index < -0.39 is 24.9 Å². The largest absolute Gasteiger partial charge is 0.332 e. The highest BCUT2D eigenvalue weighted by atomic mass is 35.6. The molecule has 0 aliphatic heterocycles. The lowest BCUT2D eigenvalue weighted by atomic mass is 10.1. The lowest BCUT2D eigenvalue weighted by Gasteiger charge is -2.25. The quantitative estimate of drug-likeness (QED) is 0.709. The van der Waals surface area contributed by atoms with Gasteiger partial charge in [-0.15, -0.1) is 0 Å². The van der Waals surface area contributed by atoms with Crippen molar-refractivity contribution < 1.29 is 13.2 Å². The summed E-state index contributed by atoms with van der Waals surface area (Å²) in [6.07, 6.45) is 0. The van der Waals surface area contributed by atoms with Crippen LogP contribution in [0.1, 0.15) is 15.9 Å². The Hall–Kier alpha value is -0.980. The number of carbonyl (C=O) groups is 1. The number of aryl methyl sites for hydroxylation is 1. The van der Waals surface area contributed by atoms with Crippen molar-refractivity contribution in [1.29, 1.82) is 0 Å². The molecule has 0 saturated heterocycles. The lowest BCUT2D eigenvalue weighted by Crippen LogP contribution is -2.49. The maximum absolute atomic E-state index is 12.8. The minimum atomic E-state index is -4.17. The topological polar surface area (TPSA) is 63.2 Å². The number of alkyl halides is 3. The van der Waals surface area contributed by atoms with Crippen LogP contribution in [0.15, 0.2) is 53.4 Å². The molecule has 0 unspecified atom stereocenters. The van der Waals surface area contributed by atoms with E-state index in [2.05, 4.69) is 5.32 Å². The van der Waals surface area contributed by atoms with E-state index in [0.29, 0.717) is 5.02 Å². The van der Waals surface area contributed by atoms with E-state index in [4.69, 9.17) is 46.4 Å². The van der Waals surface area contributed by atoms with Gasteiger partial charge in [-0.05, 0) is 43.3 Å². The summed E-state index contributed by atoms with van der Waals surface area (Å²) in [5, 5.41) is 0.867. The monoisotopic (exact) mass is 439 g/mol. The molecule has 0 bridgehead atoms. The Bertz CT molecular complexity index is 860. The molecular formula is C16H13Cl4NO3S. The molecule has 25 heavy (non-hydrogen) atoms. The first-order valence-corrected chi connectivity index (χ1v) is 10.0. The van der Waals surface area contributed by atoms with Crippen LogP contribution in [-0.2, 0) is 9.84 Å². The number of sulfone groups is 1. The van der Waals surface area contributed by atoms with Crippen molar-refractivity contribution in [3.63, 3.8) is 0 Å². The van der Waals surface area contributed by atoms with Crippen LogP contribution in [0.3, 0.4) is 0 Å². The second kappa shape index (κ2) is 7.72. The first-order chi connectivity index (χ1) is 11.5. The summed E-state index contributed by atoms with van der Waals surface area (Å²) in [5.41, 5.74) is 1.19. The minimum Gasteiger partial charge on any atom is -0.332 e. The fraction of sp³-hybridized carbons (Fsp3) is 0.188. The molecule has 9 heteroatoms. The van der Waals surface area contributed by atoms with Gasteiger partial charge in [0.15, 0.2) is 5.37 Å². The lowest BCUT2D eigenvalue weighted by molar-refractivity contribution is 0.0948. The maximum Gasteiger partial charge on any atom is 0.252 e. The zero-order valence-corrected chi connectivity index (χ0v) is 16.7. The Morgan fingerprint density at radius 1 is 1.00 bits per heavy atom. The molecule has 0 aliphatic rings. The fourth-order valence-electron chi connectivity index (χ4n) is 2.00. The molecule has 0 heterocycles. The van der Waals surface area contributed by atoms with E-state index in [1.807, 2.05) is 6.92 Å². The predicted octanol–water partition coefficient (Wildman–Crippen LogP) is 4.55. The van der Waals surface area contributed by atoms with Crippen molar-refractivity contribution in [2.45, 2.75) is 21.0 Å². The number of carbonyl (C=O) groups excluding carboxylic acids is 1. The zero-order valence-electron chi connectivity index (χ0n) is 12.8. The summed E-state index contributed by atoms with van der Waals surface area (Å²) in [6.45, 7) is 1.86. The Balaban J connectivity index is 2.38. The molecular weight excluding hydrogens is 428 g/mol. The van der Waals surface area contributed by atoms with Crippen molar-refractivity contribution in [1.82, 2.24) is 5.32 Å².